The molecule has 1 unspecified atom stereocenters. The van der Waals surface area contributed by atoms with E-state index in [1.54, 1.807) is 37.4 Å². The maximum absolute atomic E-state index is 13.1. The summed E-state index contributed by atoms with van der Waals surface area (Å²) in [4.78, 5) is 41.4. The van der Waals surface area contributed by atoms with Gasteiger partial charge >= 0.3 is 0 Å². The van der Waals surface area contributed by atoms with Crippen molar-refractivity contribution in [3.05, 3.63) is 65.9 Å². The van der Waals surface area contributed by atoms with Crippen LogP contribution in [0.5, 0.6) is 5.75 Å². The Labute approximate surface area is 240 Å². The Morgan fingerprint density at radius 1 is 1.05 bits per heavy atom. The molecule has 2 amide bonds. The number of nitrogens with one attached hydrogen (secondary N) is 2. The average molecular weight is 556 g/mol. The smallest absolute Gasteiger partial charge is 0.251 e. The van der Waals surface area contributed by atoms with Crippen LogP contribution in [-0.4, -0.2) is 72.6 Å². The van der Waals surface area contributed by atoms with Crippen LogP contribution < -0.4 is 25.2 Å². The highest BCUT2D eigenvalue weighted by atomic mass is 16.5. The first-order valence-corrected chi connectivity index (χ1v) is 14.4. The Balaban J connectivity index is 1.10. The van der Waals surface area contributed by atoms with Gasteiger partial charge in [0.15, 0.2) is 5.82 Å². The van der Waals surface area contributed by atoms with Crippen molar-refractivity contribution in [3.8, 4) is 5.75 Å². The Hall–Kier alpha value is -4.18. The molecule has 3 aliphatic rings. The van der Waals surface area contributed by atoms with Crippen molar-refractivity contribution < 1.29 is 14.3 Å². The molecule has 41 heavy (non-hydrogen) atoms. The highest BCUT2D eigenvalue weighted by molar-refractivity contribution is 6.04. The van der Waals surface area contributed by atoms with E-state index >= 15 is 0 Å². The zero-order valence-corrected chi connectivity index (χ0v) is 23.7. The molecule has 214 valence electrons. The minimum Gasteiger partial charge on any atom is -0.495 e. The van der Waals surface area contributed by atoms with Crippen LogP contribution >= 0.6 is 0 Å². The molecule has 0 bridgehead atoms. The average Bonchev–Trinajstić information content (AvgIpc) is 3.01. The SMILES string of the molecule is COc1cc(C(=O)NC2CCN(Cc3ccccc3)CC2)ccc1Nc1ncc2c(n1)N1CCCCC1C(=O)N2C. The van der Waals surface area contributed by atoms with Gasteiger partial charge in [-0.05, 0) is 55.9 Å². The van der Waals surface area contributed by atoms with Gasteiger partial charge in [-0.15, -0.1) is 0 Å². The monoisotopic (exact) mass is 555 g/mol. The highest BCUT2D eigenvalue weighted by Gasteiger charge is 2.39. The Morgan fingerprint density at radius 3 is 2.63 bits per heavy atom. The molecule has 2 aromatic carbocycles. The first-order chi connectivity index (χ1) is 20.0. The zero-order valence-electron chi connectivity index (χ0n) is 23.7. The van der Waals surface area contributed by atoms with Gasteiger partial charge in [-0.1, -0.05) is 30.3 Å². The van der Waals surface area contributed by atoms with Crippen molar-refractivity contribution in [1.29, 1.82) is 0 Å². The molecule has 10 heteroatoms. The second-order valence-corrected chi connectivity index (χ2v) is 11.1. The lowest BCUT2D eigenvalue weighted by Gasteiger charge is -2.43. The lowest BCUT2D eigenvalue weighted by Crippen LogP contribution is -2.54. The van der Waals surface area contributed by atoms with E-state index in [0.717, 1.165) is 64.1 Å². The van der Waals surface area contributed by atoms with E-state index in [4.69, 9.17) is 9.72 Å². The number of carbonyl (C=O) groups excluding carboxylic acids is 2. The Morgan fingerprint density at radius 2 is 1.85 bits per heavy atom. The molecular weight excluding hydrogens is 518 g/mol. The molecule has 2 fully saturated rings. The second-order valence-electron chi connectivity index (χ2n) is 11.1. The molecule has 3 aliphatic heterocycles. The summed E-state index contributed by atoms with van der Waals surface area (Å²) in [6.45, 7) is 3.64. The molecule has 10 nitrogen and oxygen atoms in total. The van der Waals surface area contributed by atoms with Crippen molar-refractivity contribution in [2.75, 3.05) is 48.9 Å². The number of piperidine rings is 2. The first-order valence-electron chi connectivity index (χ1n) is 14.4. The predicted octanol–water partition coefficient (Wildman–Crippen LogP) is 3.96. The van der Waals surface area contributed by atoms with E-state index in [2.05, 4.69) is 49.7 Å². The number of methoxy groups -OCH3 is 1. The van der Waals surface area contributed by atoms with E-state index in [1.165, 1.54) is 5.56 Å². The van der Waals surface area contributed by atoms with Crippen LogP contribution in [0.2, 0.25) is 0 Å². The number of anilines is 4. The van der Waals surface area contributed by atoms with E-state index < -0.39 is 0 Å². The summed E-state index contributed by atoms with van der Waals surface area (Å²) in [5.74, 6) is 1.69. The standard InChI is InChI=1S/C31H37N7O3/c1-36-26-19-32-31(35-28(26)38-15-7-6-10-25(38)30(36)40)34-24-12-11-22(18-27(24)41-2)29(39)33-23-13-16-37(17-14-23)20-21-8-4-3-5-9-21/h3-5,8-9,11-12,18-19,23,25H,6-7,10,13-17,20H2,1-2H3,(H,33,39)(H,32,34,35). The number of benzene rings is 2. The van der Waals surface area contributed by atoms with Crippen LogP contribution in [0.1, 0.15) is 48.0 Å². The third kappa shape index (κ3) is 5.69. The van der Waals surface area contributed by atoms with E-state index in [1.807, 2.05) is 12.1 Å². The normalized spacial score (nSPS) is 19.4. The fraction of sp³-hybridized carbons (Fsp3) is 0.419. The second kappa shape index (κ2) is 11.7. The first kappa shape index (κ1) is 27.0. The molecule has 3 aromatic rings. The van der Waals surface area contributed by atoms with Gasteiger partial charge in [0.1, 0.15) is 17.5 Å². The minimum absolute atomic E-state index is 0.0924. The summed E-state index contributed by atoms with van der Waals surface area (Å²) in [5, 5.41) is 6.46. The van der Waals surface area contributed by atoms with Crippen molar-refractivity contribution in [3.63, 3.8) is 0 Å². The Kier molecular flexibility index (Phi) is 7.74. The molecule has 2 saturated heterocycles. The van der Waals surface area contributed by atoms with Gasteiger partial charge in [0.25, 0.3) is 5.91 Å². The number of hydrogen-bond donors (Lipinski definition) is 2. The molecule has 0 aliphatic carbocycles. The summed E-state index contributed by atoms with van der Waals surface area (Å²) in [5.41, 5.74) is 3.23. The number of nitrogens with zero attached hydrogens (tertiary/aromatic N) is 5. The lowest BCUT2D eigenvalue weighted by atomic mass is 9.98. The summed E-state index contributed by atoms with van der Waals surface area (Å²) in [6, 6.07) is 15.8. The van der Waals surface area contributed by atoms with E-state index in [-0.39, 0.29) is 23.9 Å². The summed E-state index contributed by atoms with van der Waals surface area (Å²) in [6.07, 6.45) is 6.43. The van der Waals surface area contributed by atoms with Crippen molar-refractivity contribution in [2.45, 2.75) is 50.7 Å². The van der Waals surface area contributed by atoms with Crippen LogP contribution in [0.25, 0.3) is 0 Å². The third-order valence-corrected chi connectivity index (χ3v) is 8.38. The van der Waals surface area contributed by atoms with Gasteiger partial charge in [-0.25, -0.2) is 4.98 Å². The quantitative estimate of drug-likeness (QED) is 0.452. The molecule has 0 spiro atoms. The number of fused-ring (bicyclic) bond motifs is 3. The molecule has 2 N–H and O–H groups in total. The largest absolute Gasteiger partial charge is 0.495 e. The van der Waals surface area contributed by atoms with Gasteiger partial charge in [0, 0.05) is 44.8 Å². The van der Waals surface area contributed by atoms with Crippen molar-refractivity contribution >= 4 is 35.0 Å². The number of aromatic nitrogens is 2. The van der Waals surface area contributed by atoms with Crippen molar-refractivity contribution in [1.82, 2.24) is 20.2 Å². The molecule has 6 rings (SSSR count). The number of ether oxygens (including phenoxy) is 1. The van der Waals surface area contributed by atoms with Gasteiger partial charge in [-0.2, -0.15) is 4.98 Å². The number of hydrogen-bond acceptors (Lipinski definition) is 8. The van der Waals surface area contributed by atoms with Crippen LogP contribution in [-0.2, 0) is 11.3 Å². The minimum atomic E-state index is -0.174. The molecule has 1 atom stereocenters. The number of rotatable bonds is 7. The number of carbonyl (C=O) groups is 2. The predicted molar refractivity (Wildman–Crippen MR) is 159 cm³/mol. The van der Waals surface area contributed by atoms with Crippen LogP contribution in [0.3, 0.4) is 0 Å². The summed E-state index contributed by atoms with van der Waals surface area (Å²) < 4.78 is 5.63. The van der Waals surface area contributed by atoms with Gasteiger partial charge < -0.3 is 25.2 Å². The highest BCUT2D eigenvalue weighted by Crippen LogP contribution is 2.38. The Bertz CT molecular complexity index is 1410. The van der Waals surface area contributed by atoms with Crippen LogP contribution in [0.4, 0.5) is 23.1 Å². The molecule has 0 saturated carbocycles. The number of likely N-dealkylation sites (tertiary alicyclic amines) is 1. The zero-order chi connectivity index (χ0) is 28.3. The van der Waals surface area contributed by atoms with E-state index in [0.29, 0.717) is 28.6 Å². The molecule has 0 radical (unpaired) electrons. The molecule has 1 aromatic heterocycles. The van der Waals surface area contributed by atoms with Crippen molar-refractivity contribution in [2.24, 2.45) is 0 Å². The number of amides is 2. The maximum Gasteiger partial charge on any atom is 0.251 e. The lowest BCUT2D eigenvalue weighted by molar-refractivity contribution is -0.120. The van der Waals surface area contributed by atoms with Gasteiger partial charge in [-0.3, -0.25) is 14.5 Å². The van der Waals surface area contributed by atoms with Crippen LogP contribution in [0.15, 0.2) is 54.7 Å². The fourth-order valence-electron chi connectivity index (χ4n) is 6.06. The maximum atomic E-state index is 13.1. The molecular formula is C31H37N7O3. The van der Waals surface area contributed by atoms with Gasteiger partial charge in [0.05, 0.1) is 19.0 Å². The number of likely N-dealkylation sites (N-methyl/N-ethyl adjacent to an activating group) is 1. The summed E-state index contributed by atoms with van der Waals surface area (Å²) in [7, 11) is 3.36. The van der Waals surface area contributed by atoms with E-state index in [9.17, 15) is 9.59 Å². The topological polar surface area (TPSA) is 103 Å². The molecule has 4 heterocycles. The fourth-order valence-corrected chi connectivity index (χ4v) is 6.06. The third-order valence-electron chi connectivity index (χ3n) is 8.38. The van der Waals surface area contributed by atoms with Gasteiger partial charge in [0.2, 0.25) is 11.9 Å². The summed E-state index contributed by atoms with van der Waals surface area (Å²) >= 11 is 0. The van der Waals surface area contributed by atoms with Crippen LogP contribution in [0, 0.1) is 0 Å².